The maximum Gasteiger partial charge on any atom is 0.235 e. The third-order valence-electron chi connectivity index (χ3n) is 9.03. The van der Waals surface area contributed by atoms with Crippen LogP contribution in [0.2, 0.25) is 0 Å². The summed E-state index contributed by atoms with van der Waals surface area (Å²) in [5.74, 6) is -0.0234. The summed E-state index contributed by atoms with van der Waals surface area (Å²) in [6.07, 6.45) is 8.96. The minimum absolute atomic E-state index is 0.0406. The molecule has 0 radical (unpaired) electrons. The van der Waals surface area contributed by atoms with Crippen LogP contribution in [0.3, 0.4) is 0 Å². The number of nitrogens with two attached hydrogens (primary N) is 1. The highest BCUT2D eigenvalue weighted by Gasteiger charge is 2.46. The number of nitrogen functional groups attached to an aromatic ring is 1. The lowest BCUT2D eigenvalue weighted by Gasteiger charge is -2.52. The summed E-state index contributed by atoms with van der Waals surface area (Å²) in [7, 11) is 0. The maximum atomic E-state index is 14.2. The van der Waals surface area contributed by atoms with Crippen molar-refractivity contribution < 1.29 is 4.79 Å². The Balaban J connectivity index is 1.44. The average molecular weight is 473 g/mol. The number of hydrogen-bond acceptors (Lipinski definition) is 3. The molecule has 2 aliphatic heterocycles. The standard InChI is InChI=1S/C30H40N4O/c1-20-8-6-9-21(2)33(20)25-14-16-30(3,17-15-25)34-27-13-5-4-10-23(27)19-26(29(34)35)22-11-7-12-24(18-22)28(31)32/h4-5,7,10-13,18,20-21,25-26H,6,8-9,14-17,19H2,1-3H3,(H3,31,32)/t20-,21+,25?,26?,30?. The molecule has 3 atom stereocenters. The van der Waals surface area contributed by atoms with Crippen molar-refractivity contribution in [2.75, 3.05) is 4.90 Å². The first-order chi connectivity index (χ1) is 16.8. The third-order valence-corrected chi connectivity index (χ3v) is 9.03. The van der Waals surface area contributed by atoms with Crippen LogP contribution in [-0.4, -0.2) is 40.3 Å². The highest BCUT2D eigenvalue weighted by Crippen LogP contribution is 2.45. The number of nitrogens with zero attached hydrogens (tertiary/aromatic N) is 2. The second-order valence-electron chi connectivity index (χ2n) is 11.4. The number of carbonyl (C=O) groups excluding carboxylic acids is 1. The van der Waals surface area contributed by atoms with Gasteiger partial charge in [-0.2, -0.15) is 0 Å². The van der Waals surface area contributed by atoms with E-state index in [1.165, 1.54) is 24.8 Å². The predicted octanol–water partition coefficient (Wildman–Crippen LogP) is 5.61. The van der Waals surface area contributed by atoms with Crippen LogP contribution < -0.4 is 10.6 Å². The van der Waals surface area contributed by atoms with Gasteiger partial charge in [-0.1, -0.05) is 42.8 Å². The molecular formula is C30H40N4O. The SMILES string of the molecule is C[C@@H]1CCC[C@H](C)N1C1CCC(C)(N2C(=O)C(c3cccc(C(=N)N)c3)Cc3ccccc32)CC1. The summed E-state index contributed by atoms with van der Waals surface area (Å²) in [5.41, 5.74) is 9.52. The van der Waals surface area contributed by atoms with Gasteiger partial charge >= 0.3 is 0 Å². The summed E-state index contributed by atoms with van der Waals surface area (Å²) in [6, 6.07) is 18.1. The summed E-state index contributed by atoms with van der Waals surface area (Å²) in [5, 5.41) is 7.85. The van der Waals surface area contributed by atoms with E-state index in [2.05, 4.69) is 54.8 Å². The highest BCUT2D eigenvalue weighted by molar-refractivity contribution is 6.03. The number of hydrogen-bond donors (Lipinski definition) is 2. The molecule has 186 valence electrons. The van der Waals surface area contributed by atoms with Gasteiger partial charge < -0.3 is 10.6 Å². The second-order valence-corrected chi connectivity index (χ2v) is 11.4. The molecule has 2 aromatic rings. The van der Waals surface area contributed by atoms with Crippen LogP contribution in [0.4, 0.5) is 5.69 Å². The zero-order valence-corrected chi connectivity index (χ0v) is 21.5. The number of benzene rings is 2. The number of carbonyl (C=O) groups is 1. The average Bonchev–Trinajstić information content (AvgIpc) is 2.84. The van der Waals surface area contributed by atoms with Crippen molar-refractivity contribution in [1.29, 1.82) is 5.41 Å². The maximum absolute atomic E-state index is 14.2. The van der Waals surface area contributed by atoms with E-state index in [4.69, 9.17) is 11.1 Å². The Morgan fingerprint density at radius 1 is 1.00 bits per heavy atom. The number of fused-ring (bicyclic) bond motifs is 1. The molecule has 5 rings (SSSR count). The van der Waals surface area contributed by atoms with Crippen LogP contribution in [0.5, 0.6) is 0 Å². The van der Waals surface area contributed by atoms with Crippen molar-refractivity contribution in [3.63, 3.8) is 0 Å². The van der Waals surface area contributed by atoms with Gasteiger partial charge in [0.15, 0.2) is 0 Å². The fourth-order valence-electron chi connectivity index (χ4n) is 7.13. The Labute approximate surface area is 210 Å². The number of likely N-dealkylation sites (tertiary alicyclic amines) is 1. The monoisotopic (exact) mass is 472 g/mol. The first-order valence-corrected chi connectivity index (χ1v) is 13.4. The second kappa shape index (κ2) is 9.42. The van der Waals surface area contributed by atoms with Gasteiger partial charge in [0.1, 0.15) is 5.84 Å². The molecule has 5 nitrogen and oxygen atoms in total. The van der Waals surface area contributed by atoms with Crippen molar-refractivity contribution in [3.05, 3.63) is 65.2 Å². The van der Waals surface area contributed by atoms with Crippen LogP contribution >= 0.6 is 0 Å². The van der Waals surface area contributed by atoms with E-state index >= 15 is 0 Å². The topological polar surface area (TPSA) is 73.4 Å². The summed E-state index contributed by atoms with van der Waals surface area (Å²) in [4.78, 5) is 19.1. The van der Waals surface area contributed by atoms with Gasteiger partial charge in [-0.15, -0.1) is 0 Å². The molecule has 0 aromatic heterocycles. The molecule has 1 amide bonds. The Morgan fingerprint density at radius 3 is 2.37 bits per heavy atom. The molecule has 1 unspecified atom stereocenters. The fourth-order valence-corrected chi connectivity index (χ4v) is 7.13. The lowest BCUT2D eigenvalue weighted by Crippen LogP contribution is -2.59. The van der Waals surface area contributed by atoms with E-state index in [0.717, 1.165) is 36.9 Å². The van der Waals surface area contributed by atoms with Gasteiger partial charge in [0.25, 0.3) is 0 Å². The number of anilines is 1. The molecule has 3 aliphatic rings. The van der Waals surface area contributed by atoms with Gasteiger partial charge in [-0.25, -0.2) is 0 Å². The molecule has 2 heterocycles. The largest absolute Gasteiger partial charge is 0.384 e. The van der Waals surface area contributed by atoms with Crippen LogP contribution in [0.1, 0.15) is 88.3 Å². The van der Waals surface area contributed by atoms with Crippen LogP contribution in [0.25, 0.3) is 0 Å². The zero-order chi connectivity index (χ0) is 24.7. The fraction of sp³-hybridized carbons (Fsp3) is 0.533. The first kappa shape index (κ1) is 24.1. The quantitative estimate of drug-likeness (QED) is 0.449. The number of amidine groups is 1. The predicted molar refractivity (Wildman–Crippen MR) is 143 cm³/mol. The van der Waals surface area contributed by atoms with Crippen molar-refractivity contribution in [1.82, 2.24) is 4.90 Å². The van der Waals surface area contributed by atoms with Crippen molar-refractivity contribution in [3.8, 4) is 0 Å². The van der Waals surface area contributed by atoms with Crippen molar-refractivity contribution >= 4 is 17.4 Å². The van der Waals surface area contributed by atoms with E-state index in [-0.39, 0.29) is 23.2 Å². The van der Waals surface area contributed by atoms with Crippen molar-refractivity contribution in [2.24, 2.45) is 5.73 Å². The van der Waals surface area contributed by atoms with Gasteiger partial charge in [0, 0.05) is 34.9 Å². The van der Waals surface area contributed by atoms with Crippen LogP contribution in [0, 0.1) is 5.41 Å². The Morgan fingerprint density at radius 2 is 1.69 bits per heavy atom. The van der Waals surface area contributed by atoms with E-state index in [0.29, 0.717) is 30.1 Å². The Kier molecular flexibility index (Phi) is 6.47. The van der Waals surface area contributed by atoms with E-state index in [1.807, 2.05) is 24.3 Å². The van der Waals surface area contributed by atoms with Gasteiger partial charge in [0.05, 0.1) is 5.92 Å². The number of nitrogens with one attached hydrogen (secondary N) is 1. The smallest absolute Gasteiger partial charge is 0.235 e. The summed E-state index contributed by atoms with van der Waals surface area (Å²) >= 11 is 0. The van der Waals surface area contributed by atoms with E-state index < -0.39 is 0 Å². The number of piperidine rings is 1. The van der Waals surface area contributed by atoms with Crippen molar-refractivity contribution in [2.45, 2.75) is 102 Å². The third kappa shape index (κ3) is 4.40. The molecule has 35 heavy (non-hydrogen) atoms. The molecule has 1 saturated carbocycles. The number of amides is 1. The van der Waals surface area contributed by atoms with Crippen LogP contribution in [0.15, 0.2) is 48.5 Å². The lowest BCUT2D eigenvalue weighted by atomic mass is 9.75. The molecule has 2 fully saturated rings. The lowest BCUT2D eigenvalue weighted by molar-refractivity contribution is -0.122. The normalized spacial score (nSPS) is 31.7. The molecule has 1 saturated heterocycles. The molecule has 2 aromatic carbocycles. The number of rotatable bonds is 4. The Hall–Kier alpha value is -2.66. The molecule has 5 heteroatoms. The minimum Gasteiger partial charge on any atom is -0.384 e. The van der Waals surface area contributed by atoms with Gasteiger partial charge in [0.2, 0.25) is 5.91 Å². The minimum atomic E-state index is -0.249. The summed E-state index contributed by atoms with van der Waals surface area (Å²) in [6.45, 7) is 7.09. The zero-order valence-electron chi connectivity index (χ0n) is 21.5. The van der Waals surface area contributed by atoms with Gasteiger partial charge in [-0.05, 0) is 89.0 Å². The van der Waals surface area contributed by atoms with E-state index in [1.54, 1.807) is 0 Å². The molecule has 0 spiro atoms. The van der Waals surface area contributed by atoms with Gasteiger partial charge in [-0.3, -0.25) is 15.1 Å². The molecule has 1 aliphatic carbocycles. The van der Waals surface area contributed by atoms with E-state index in [9.17, 15) is 4.79 Å². The molecular weight excluding hydrogens is 432 g/mol. The first-order valence-electron chi connectivity index (χ1n) is 13.4. The molecule has 3 N–H and O–H groups in total. The number of para-hydroxylation sites is 1. The summed E-state index contributed by atoms with van der Waals surface area (Å²) < 4.78 is 0. The Bertz CT molecular complexity index is 1090. The molecule has 0 bridgehead atoms. The highest BCUT2D eigenvalue weighted by atomic mass is 16.2. The van der Waals surface area contributed by atoms with Crippen LogP contribution in [-0.2, 0) is 11.2 Å².